The van der Waals surface area contributed by atoms with Gasteiger partial charge in [-0.05, 0) is 88.7 Å². The molecule has 0 radical (unpaired) electrons. The molecule has 3 aliphatic heterocycles. The third-order valence-corrected chi connectivity index (χ3v) is 10.4. The summed E-state index contributed by atoms with van der Waals surface area (Å²) < 4.78 is 0. The zero-order valence-electron chi connectivity index (χ0n) is 22.2. The predicted molar refractivity (Wildman–Crippen MR) is 144 cm³/mol. The van der Waals surface area contributed by atoms with Crippen molar-refractivity contribution in [1.29, 1.82) is 0 Å². The van der Waals surface area contributed by atoms with Crippen molar-refractivity contribution in [3.63, 3.8) is 0 Å². The first kappa shape index (κ1) is 24.5. The summed E-state index contributed by atoms with van der Waals surface area (Å²) in [5.41, 5.74) is 1.16. The first-order valence-electron chi connectivity index (χ1n) is 15.0. The Bertz CT molecular complexity index is 909. The fourth-order valence-electron chi connectivity index (χ4n) is 8.95. The highest BCUT2D eigenvalue weighted by molar-refractivity contribution is 5.90. The second-order valence-corrected chi connectivity index (χ2v) is 12.7. The molecule has 4 bridgehead atoms. The molecule has 1 aromatic rings. The van der Waals surface area contributed by atoms with E-state index in [4.69, 9.17) is 0 Å². The number of rotatable bonds is 6. The molecule has 5 nitrogen and oxygen atoms in total. The molecule has 0 aromatic heterocycles. The van der Waals surface area contributed by atoms with Gasteiger partial charge in [0.15, 0.2) is 5.78 Å². The Hall–Kier alpha value is -1.88. The molecule has 0 N–H and O–H groups in total. The van der Waals surface area contributed by atoms with Gasteiger partial charge in [-0.3, -0.25) is 14.5 Å². The number of fused-ring (bicyclic) bond motifs is 4. The molecule has 6 rings (SSSR count). The Labute approximate surface area is 217 Å². The number of Topliss-reactive ketones (excluding diaryl/α,β-unsaturated/α-hetero) is 1. The van der Waals surface area contributed by atoms with Crippen LogP contribution < -0.4 is 4.90 Å². The van der Waals surface area contributed by atoms with E-state index in [-0.39, 0.29) is 17.7 Å². The van der Waals surface area contributed by atoms with Gasteiger partial charge in [-0.1, -0.05) is 43.9 Å². The summed E-state index contributed by atoms with van der Waals surface area (Å²) in [6, 6.07) is 12.9. The second kappa shape index (κ2) is 10.5. The van der Waals surface area contributed by atoms with Gasteiger partial charge in [-0.15, -0.1) is 0 Å². The number of anilines is 1. The van der Waals surface area contributed by atoms with E-state index < -0.39 is 0 Å². The highest BCUT2D eigenvalue weighted by atomic mass is 16.2. The van der Waals surface area contributed by atoms with Crippen molar-refractivity contribution in [3.05, 3.63) is 30.3 Å². The smallest absolute Gasteiger partial charge is 0.242 e. The molecular weight excluding hydrogens is 446 g/mol. The number of ketones is 1. The van der Waals surface area contributed by atoms with Gasteiger partial charge in [0.25, 0.3) is 0 Å². The number of nitrogens with zero attached hydrogens (tertiary/aromatic N) is 3. The van der Waals surface area contributed by atoms with Crippen LogP contribution in [-0.4, -0.2) is 64.8 Å². The fourth-order valence-corrected chi connectivity index (χ4v) is 8.95. The van der Waals surface area contributed by atoms with Crippen LogP contribution in [-0.2, 0) is 9.59 Å². The number of amides is 1. The Kier molecular flexibility index (Phi) is 7.11. The zero-order valence-corrected chi connectivity index (χ0v) is 22.2. The van der Waals surface area contributed by atoms with E-state index in [9.17, 15) is 9.59 Å². The molecule has 3 heterocycles. The lowest BCUT2D eigenvalue weighted by Crippen LogP contribution is -2.62. The van der Waals surface area contributed by atoms with Crippen LogP contribution in [0.3, 0.4) is 0 Å². The van der Waals surface area contributed by atoms with E-state index >= 15 is 0 Å². The third kappa shape index (κ3) is 4.85. The molecule has 2 aliphatic carbocycles. The number of hydrogen-bond donors (Lipinski definition) is 0. The Morgan fingerprint density at radius 2 is 1.47 bits per heavy atom. The van der Waals surface area contributed by atoms with Gasteiger partial charge in [0.05, 0.1) is 12.6 Å². The minimum Gasteiger partial charge on any atom is -0.359 e. The van der Waals surface area contributed by atoms with Gasteiger partial charge in [0, 0.05) is 36.4 Å². The number of likely N-dealkylation sites (tertiary alicyclic amines) is 1. The van der Waals surface area contributed by atoms with Gasteiger partial charge in [0.1, 0.15) is 0 Å². The molecule has 2 saturated carbocycles. The van der Waals surface area contributed by atoms with Crippen molar-refractivity contribution in [1.82, 2.24) is 9.80 Å². The maximum atomic E-state index is 13.6. The Balaban J connectivity index is 1.21. The quantitative estimate of drug-likeness (QED) is 0.532. The fraction of sp³-hybridized carbons (Fsp3) is 0.742. The molecule has 5 fully saturated rings. The van der Waals surface area contributed by atoms with E-state index in [0.717, 1.165) is 43.0 Å². The van der Waals surface area contributed by atoms with Crippen LogP contribution in [0.25, 0.3) is 0 Å². The van der Waals surface area contributed by atoms with E-state index in [1.807, 2.05) is 4.90 Å². The van der Waals surface area contributed by atoms with Crippen molar-refractivity contribution in [3.8, 4) is 0 Å². The number of hydrogen-bond acceptors (Lipinski definition) is 4. The normalized spacial score (nSPS) is 36.5. The molecule has 1 amide bonds. The van der Waals surface area contributed by atoms with Crippen molar-refractivity contribution >= 4 is 17.4 Å². The molecule has 2 unspecified atom stereocenters. The van der Waals surface area contributed by atoms with Crippen LogP contribution in [0.5, 0.6) is 0 Å². The van der Waals surface area contributed by atoms with Gasteiger partial charge in [0.2, 0.25) is 5.91 Å². The first-order chi connectivity index (χ1) is 17.6. The zero-order chi connectivity index (χ0) is 24.6. The molecule has 1 aromatic carbocycles. The number of benzene rings is 1. The minimum absolute atomic E-state index is 0.129. The van der Waals surface area contributed by atoms with E-state index in [0.29, 0.717) is 24.7 Å². The summed E-state index contributed by atoms with van der Waals surface area (Å²) in [7, 11) is 0. The average Bonchev–Trinajstić information content (AvgIpc) is 3.37. The Morgan fingerprint density at radius 1 is 0.806 bits per heavy atom. The molecule has 7 atom stereocenters. The highest BCUT2D eigenvalue weighted by Gasteiger charge is 2.46. The molecule has 36 heavy (non-hydrogen) atoms. The summed E-state index contributed by atoms with van der Waals surface area (Å²) in [5, 5.41) is 0. The molecule has 3 saturated heterocycles. The van der Waals surface area contributed by atoms with Crippen molar-refractivity contribution in [2.24, 2.45) is 11.8 Å². The van der Waals surface area contributed by atoms with Gasteiger partial charge >= 0.3 is 0 Å². The first-order valence-corrected chi connectivity index (χ1v) is 15.0. The van der Waals surface area contributed by atoms with Gasteiger partial charge < -0.3 is 9.80 Å². The van der Waals surface area contributed by atoms with Crippen molar-refractivity contribution < 1.29 is 9.59 Å². The number of carbonyl (C=O) groups is 2. The molecule has 0 spiro atoms. The maximum absolute atomic E-state index is 13.6. The summed E-state index contributed by atoms with van der Waals surface area (Å²) >= 11 is 0. The van der Waals surface area contributed by atoms with Gasteiger partial charge in [-0.2, -0.15) is 0 Å². The van der Waals surface area contributed by atoms with Crippen molar-refractivity contribution in [2.45, 2.75) is 121 Å². The molecule has 196 valence electrons. The van der Waals surface area contributed by atoms with Crippen LogP contribution in [0.4, 0.5) is 5.69 Å². The lowest BCUT2D eigenvalue weighted by atomic mass is 9.68. The molecule has 5 heteroatoms. The number of piperidine rings is 2. The average molecular weight is 492 g/mol. The largest absolute Gasteiger partial charge is 0.359 e. The van der Waals surface area contributed by atoms with Crippen LogP contribution in [0, 0.1) is 11.8 Å². The lowest BCUT2D eigenvalue weighted by molar-refractivity contribution is -0.136. The minimum atomic E-state index is -0.220. The Morgan fingerprint density at radius 3 is 2.14 bits per heavy atom. The standard InChI is InChI=1S/C31H45N3O2/c1-22(35)30-14-7-15-32(30)31(36)21-33(25-10-3-2-4-11-25)28-19-26-12-6-13-27(20-28)34(26)29-17-23-8-5-9-24(16-23)18-29/h2-4,10-11,23-24,26-30H,5-9,12-21H2,1H3/t23-,24+,26-,27+,28?,29?,30-/m0/s1. The third-order valence-electron chi connectivity index (χ3n) is 10.4. The number of para-hydroxylation sites is 1. The summed E-state index contributed by atoms with van der Waals surface area (Å²) in [4.78, 5) is 33.1. The van der Waals surface area contributed by atoms with E-state index in [1.54, 1.807) is 6.92 Å². The van der Waals surface area contributed by atoms with Crippen LogP contribution >= 0.6 is 0 Å². The summed E-state index contributed by atoms with van der Waals surface area (Å²) in [5.74, 6) is 2.19. The van der Waals surface area contributed by atoms with Crippen LogP contribution in [0.2, 0.25) is 0 Å². The summed E-state index contributed by atoms with van der Waals surface area (Å²) in [6.07, 6.45) is 16.8. The number of carbonyl (C=O) groups excluding carboxylic acids is 2. The van der Waals surface area contributed by atoms with Crippen LogP contribution in [0.15, 0.2) is 30.3 Å². The highest BCUT2D eigenvalue weighted by Crippen LogP contribution is 2.46. The van der Waals surface area contributed by atoms with E-state index in [2.05, 4.69) is 40.1 Å². The van der Waals surface area contributed by atoms with E-state index in [1.165, 1.54) is 70.6 Å². The van der Waals surface area contributed by atoms with Crippen molar-refractivity contribution in [2.75, 3.05) is 18.0 Å². The topological polar surface area (TPSA) is 43.9 Å². The monoisotopic (exact) mass is 491 g/mol. The lowest BCUT2D eigenvalue weighted by Gasteiger charge is -2.56. The van der Waals surface area contributed by atoms with Gasteiger partial charge in [-0.25, -0.2) is 0 Å². The molecular formula is C31H45N3O2. The summed E-state index contributed by atoms with van der Waals surface area (Å²) in [6.45, 7) is 2.76. The van der Waals surface area contributed by atoms with Crippen LogP contribution in [0.1, 0.15) is 90.4 Å². The predicted octanol–water partition coefficient (Wildman–Crippen LogP) is 5.43. The SMILES string of the molecule is CC(=O)[C@@H]1CCCN1C(=O)CN(c1ccccc1)C1C[C@H]2CCC[C@@H](C1)N2C1C[C@H]2CCC[C@@H](C1)C2. The second-order valence-electron chi connectivity index (χ2n) is 12.7. The molecule has 5 aliphatic rings. The maximum Gasteiger partial charge on any atom is 0.242 e.